The fourth-order valence-electron chi connectivity index (χ4n) is 2.12. The summed E-state index contributed by atoms with van der Waals surface area (Å²) in [4.78, 5) is 10.3. The number of nitrogens with one attached hydrogen (secondary N) is 1. The Balaban J connectivity index is 1.68. The zero-order valence-corrected chi connectivity index (χ0v) is 11.9. The summed E-state index contributed by atoms with van der Waals surface area (Å²) in [6.45, 7) is 1.74. The largest absolute Gasteiger partial charge is 0.395 e. The number of hydrogen-bond acceptors (Lipinski definition) is 7. The summed E-state index contributed by atoms with van der Waals surface area (Å²) < 4.78 is 5.23. The summed E-state index contributed by atoms with van der Waals surface area (Å²) in [5.74, 6) is 1.30. The maximum atomic E-state index is 9.22. The average molecular weight is 300 g/mol. The van der Waals surface area contributed by atoms with Crippen LogP contribution in [0.5, 0.6) is 0 Å². The molecule has 0 spiro atoms. The van der Waals surface area contributed by atoms with Crippen LogP contribution in [0.3, 0.4) is 0 Å². The number of benzene rings is 1. The number of H-pyrrole nitrogens is 1. The molecule has 0 saturated heterocycles. The first-order valence-corrected chi connectivity index (χ1v) is 6.90. The van der Waals surface area contributed by atoms with Gasteiger partial charge in [-0.15, -0.1) is 0 Å². The molecule has 2 heterocycles. The molecule has 2 aromatic heterocycles. The predicted octanol–water partition coefficient (Wildman–Crippen LogP) is 0.849. The van der Waals surface area contributed by atoms with E-state index >= 15 is 0 Å². The van der Waals surface area contributed by atoms with Crippen molar-refractivity contribution in [3.05, 3.63) is 48.1 Å². The molecule has 0 aliphatic heterocycles. The molecule has 0 bridgehead atoms. The molecule has 0 fully saturated rings. The first kappa shape index (κ1) is 14.4. The number of nitrogens with zero attached hydrogens (tertiary/aromatic N) is 5. The van der Waals surface area contributed by atoms with Gasteiger partial charge >= 0.3 is 0 Å². The Morgan fingerprint density at radius 3 is 2.77 bits per heavy atom. The standard InChI is InChI=1S/C14H16N6O2/c21-7-6-20(8-11-4-2-1-3-5-11)9-12-17-14(19-22-12)13-15-10-16-18-13/h1-5,10,21H,6-9H2,(H,15,16,18). The number of aliphatic hydroxyl groups is 1. The van der Waals surface area contributed by atoms with E-state index in [1.54, 1.807) is 0 Å². The molecule has 3 rings (SSSR count). The van der Waals surface area contributed by atoms with Gasteiger partial charge < -0.3 is 9.63 Å². The molecule has 1 aromatic carbocycles. The molecule has 3 aromatic rings. The molecule has 0 amide bonds. The van der Waals surface area contributed by atoms with Gasteiger partial charge in [-0.3, -0.25) is 10.00 Å². The number of aromatic nitrogens is 5. The van der Waals surface area contributed by atoms with Crippen LogP contribution < -0.4 is 0 Å². The lowest BCUT2D eigenvalue weighted by Gasteiger charge is -2.19. The smallest absolute Gasteiger partial charge is 0.241 e. The molecule has 0 aliphatic carbocycles. The van der Waals surface area contributed by atoms with Crippen molar-refractivity contribution < 1.29 is 9.63 Å². The van der Waals surface area contributed by atoms with Crippen molar-refractivity contribution in [3.63, 3.8) is 0 Å². The summed E-state index contributed by atoms with van der Waals surface area (Å²) in [5, 5.41) is 19.5. The zero-order chi connectivity index (χ0) is 15.2. The van der Waals surface area contributed by atoms with Gasteiger partial charge in [-0.05, 0) is 5.56 Å². The molecule has 0 unspecified atom stereocenters. The van der Waals surface area contributed by atoms with Crippen LogP contribution in [0.4, 0.5) is 0 Å². The molecule has 0 aliphatic rings. The lowest BCUT2D eigenvalue weighted by Crippen LogP contribution is -2.26. The Labute approximate surface area is 126 Å². The molecule has 8 nitrogen and oxygen atoms in total. The van der Waals surface area contributed by atoms with Crippen molar-refractivity contribution in [2.24, 2.45) is 0 Å². The maximum absolute atomic E-state index is 9.22. The van der Waals surface area contributed by atoms with Gasteiger partial charge in [0.05, 0.1) is 13.2 Å². The van der Waals surface area contributed by atoms with E-state index < -0.39 is 0 Å². The van der Waals surface area contributed by atoms with E-state index in [-0.39, 0.29) is 6.61 Å². The van der Waals surface area contributed by atoms with E-state index in [2.05, 4.69) is 25.3 Å². The molecular weight excluding hydrogens is 284 g/mol. The molecule has 0 saturated carbocycles. The summed E-state index contributed by atoms with van der Waals surface area (Å²) in [7, 11) is 0. The molecule has 2 N–H and O–H groups in total. The van der Waals surface area contributed by atoms with Crippen LogP contribution in [-0.2, 0) is 13.1 Å². The summed E-state index contributed by atoms with van der Waals surface area (Å²) >= 11 is 0. The van der Waals surface area contributed by atoms with Gasteiger partial charge in [0, 0.05) is 13.1 Å². The van der Waals surface area contributed by atoms with Crippen LogP contribution in [0.2, 0.25) is 0 Å². The highest BCUT2D eigenvalue weighted by atomic mass is 16.5. The minimum Gasteiger partial charge on any atom is -0.395 e. The fraction of sp³-hybridized carbons (Fsp3) is 0.286. The minimum atomic E-state index is 0.0654. The van der Waals surface area contributed by atoms with Gasteiger partial charge in [-0.2, -0.15) is 10.1 Å². The summed E-state index contributed by atoms with van der Waals surface area (Å²) in [6, 6.07) is 10.0. The second kappa shape index (κ2) is 6.92. The first-order valence-electron chi connectivity index (χ1n) is 6.90. The van der Waals surface area contributed by atoms with Crippen LogP contribution in [0.25, 0.3) is 11.6 Å². The highest BCUT2D eigenvalue weighted by Gasteiger charge is 2.14. The van der Waals surface area contributed by atoms with Crippen molar-refractivity contribution in [1.29, 1.82) is 0 Å². The van der Waals surface area contributed by atoms with Crippen LogP contribution in [0.1, 0.15) is 11.5 Å². The Hall–Kier alpha value is -2.58. The quantitative estimate of drug-likeness (QED) is 0.666. The third kappa shape index (κ3) is 3.54. The second-order valence-electron chi connectivity index (χ2n) is 4.77. The predicted molar refractivity (Wildman–Crippen MR) is 77.3 cm³/mol. The highest BCUT2D eigenvalue weighted by Crippen LogP contribution is 2.12. The molecule has 0 atom stereocenters. The minimum absolute atomic E-state index is 0.0654. The van der Waals surface area contributed by atoms with E-state index in [4.69, 9.17) is 4.52 Å². The highest BCUT2D eigenvalue weighted by molar-refractivity contribution is 5.39. The fourth-order valence-corrected chi connectivity index (χ4v) is 2.12. The number of hydrogen-bond donors (Lipinski definition) is 2. The van der Waals surface area contributed by atoms with Gasteiger partial charge in [0.15, 0.2) is 5.82 Å². The average Bonchev–Trinajstić information content (AvgIpc) is 3.19. The number of aliphatic hydroxyl groups excluding tert-OH is 1. The van der Waals surface area contributed by atoms with E-state index in [0.717, 1.165) is 5.56 Å². The second-order valence-corrected chi connectivity index (χ2v) is 4.77. The first-order chi connectivity index (χ1) is 10.8. The molecule has 114 valence electrons. The lowest BCUT2D eigenvalue weighted by atomic mass is 10.2. The summed E-state index contributed by atoms with van der Waals surface area (Å²) in [5.41, 5.74) is 1.16. The van der Waals surface area contributed by atoms with Crippen molar-refractivity contribution in [2.45, 2.75) is 13.1 Å². The Bertz CT molecular complexity index is 682. The SMILES string of the molecule is OCCN(Cc1ccccc1)Cc1nc(-c2ncn[nH]2)no1. The monoisotopic (exact) mass is 300 g/mol. The number of aromatic amines is 1. The summed E-state index contributed by atoms with van der Waals surface area (Å²) in [6.07, 6.45) is 1.39. The van der Waals surface area contributed by atoms with Crippen molar-refractivity contribution in [1.82, 2.24) is 30.2 Å². The third-order valence-electron chi connectivity index (χ3n) is 3.12. The van der Waals surface area contributed by atoms with Crippen LogP contribution in [0.15, 0.2) is 41.2 Å². The molecule has 0 radical (unpaired) electrons. The van der Waals surface area contributed by atoms with Gasteiger partial charge in [0.1, 0.15) is 6.33 Å². The van der Waals surface area contributed by atoms with Crippen LogP contribution in [0, 0.1) is 0 Å². The molecular formula is C14H16N6O2. The maximum Gasteiger partial charge on any atom is 0.241 e. The van der Waals surface area contributed by atoms with E-state index in [1.165, 1.54) is 6.33 Å². The Kier molecular flexibility index (Phi) is 4.52. The van der Waals surface area contributed by atoms with Crippen molar-refractivity contribution in [3.8, 4) is 11.6 Å². The van der Waals surface area contributed by atoms with E-state index in [9.17, 15) is 5.11 Å². The zero-order valence-electron chi connectivity index (χ0n) is 11.9. The van der Waals surface area contributed by atoms with E-state index in [1.807, 2.05) is 35.2 Å². The van der Waals surface area contributed by atoms with E-state index in [0.29, 0.717) is 37.2 Å². The Morgan fingerprint density at radius 2 is 2.05 bits per heavy atom. The van der Waals surface area contributed by atoms with Crippen molar-refractivity contribution >= 4 is 0 Å². The Morgan fingerprint density at radius 1 is 1.18 bits per heavy atom. The van der Waals surface area contributed by atoms with Gasteiger partial charge in [-0.25, -0.2) is 4.98 Å². The number of rotatable bonds is 7. The normalized spacial score (nSPS) is 11.2. The van der Waals surface area contributed by atoms with Crippen molar-refractivity contribution in [2.75, 3.05) is 13.2 Å². The third-order valence-corrected chi connectivity index (χ3v) is 3.12. The topological polar surface area (TPSA) is 104 Å². The van der Waals surface area contributed by atoms with Crippen LogP contribution >= 0.6 is 0 Å². The molecule has 8 heteroatoms. The molecule has 22 heavy (non-hydrogen) atoms. The van der Waals surface area contributed by atoms with Gasteiger partial charge in [0.2, 0.25) is 11.7 Å². The van der Waals surface area contributed by atoms with Gasteiger partial charge in [-0.1, -0.05) is 35.5 Å². The van der Waals surface area contributed by atoms with Crippen LogP contribution in [-0.4, -0.2) is 48.5 Å². The lowest BCUT2D eigenvalue weighted by molar-refractivity contribution is 0.167. The van der Waals surface area contributed by atoms with Gasteiger partial charge in [0.25, 0.3) is 0 Å².